The van der Waals surface area contributed by atoms with Crippen LogP contribution in [0.25, 0.3) is 0 Å². The summed E-state index contributed by atoms with van der Waals surface area (Å²) in [4.78, 5) is 16.7. The van der Waals surface area contributed by atoms with Gasteiger partial charge in [-0.1, -0.05) is 36.4 Å². The van der Waals surface area contributed by atoms with Gasteiger partial charge >= 0.3 is 0 Å². The van der Waals surface area contributed by atoms with E-state index >= 15 is 0 Å². The van der Waals surface area contributed by atoms with Crippen molar-refractivity contribution < 1.29 is 4.79 Å². The molecule has 1 fully saturated rings. The van der Waals surface area contributed by atoms with Gasteiger partial charge in [0.1, 0.15) is 0 Å². The Hall–Kier alpha value is -1.65. The first kappa shape index (κ1) is 17.2. The highest BCUT2D eigenvalue weighted by molar-refractivity contribution is 7.10. The summed E-state index contributed by atoms with van der Waals surface area (Å²) in [6.45, 7) is 6.91. The van der Waals surface area contributed by atoms with Crippen molar-refractivity contribution in [2.24, 2.45) is 0 Å². The number of likely N-dealkylation sites (tertiary alicyclic amines) is 1. The van der Waals surface area contributed by atoms with Gasteiger partial charge in [0.2, 0.25) is 5.91 Å². The van der Waals surface area contributed by atoms with Crippen LogP contribution in [-0.2, 0) is 10.2 Å². The third-order valence-electron chi connectivity index (χ3n) is 4.97. The molecule has 0 bridgehead atoms. The number of amides is 1. The van der Waals surface area contributed by atoms with Crippen LogP contribution in [0.3, 0.4) is 0 Å². The van der Waals surface area contributed by atoms with Gasteiger partial charge in [0, 0.05) is 11.4 Å². The van der Waals surface area contributed by atoms with E-state index in [1.165, 1.54) is 17.7 Å². The fraction of sp³-hybridized carbons (Fsp3) is 0.450. The summed E-state index contributed by atoms with van der Waals surface area (Å²) in [5.74, 6) is 0.0921. The molecule has 1 amide bonds. The Morgan fingerprint density at radius 2 is 1.88 bits per heavy atom. The summed E-state index contributed by atoms with van der Waals surface area (Å²) in [6.07, 6.45) is 2.51. The Morgan fingerprint density at radius 3 is 2.50 bits per heavy atom. The van der Waals surface area contributed by atoms with E-state index < -0.39 is 5.41 Å². The normalized spacial score (nSPS) is 16.9. The summed E-state index contributed by atoms with van der Waals surface area (Å²) >= 11 is 1.78. The number of nitrogens with one attached hydrogen (secondary N) is 1. The number of benzene rings is 1. The van der Waals surface area contributed by atoms with Crippen LogP contribution in [0.4, 0.5) is 0 Å². The Kier molecular flexibility index (Phi) is 5.36. The van der Waals surface area contributed by atoms with Gasteiger partial charge in [-0.05, 0) is 56.8 Å². The Labute approximate surface area is 148 Å². The largest absolute Gasteiger partial charge is 0.353 e. The smallest absolute Gasteiger partial charge is 0.230 e. The predicted octanol–water partition coefficient (Wildman–Crippen LogP) is 3.98. The number of carbonyl (C=O) groups excluding carboxylic acids is 1. The SMILES string of the molecule is CC(C)(C(=O)NCC(c1cccs1)N1CCCC1)c1ccccc1. The molecule has 3 rings (SSSR count). The molecule has 1 saturated heterocycles. The molecule has 2 heterocycles. The van der Waals surface area contributed by atoms with Gasteiger partial charge in [-0.25, -0.2) is 0 Å². The van der Waals surface area contributed by atoms with Crippen molar-refractivity contribution in [2.75, 3.05) is 19.6 Å². The van der Waals surface area contributed by atoms with E-state index in [0.717, 1.165) is 18.7 Å². The second-order valence-corrected chi connectivity index (χ2v) is 7.95. The second kappa shape index (κ2) is 7.49. The fourth-order valence-corrected chi connectivity index (χ4v) is 4.20. The number of rotatable bonds is 6. The zero-order valence-electron chi connectivity index (χ0n) is 14.5. The van der Waals surface area contributed by atoms with E-state index in [9.17, 15) is 4.79 Å². The predicted molar refractivity (Wildman–Crippen MR) is 100 cm³/mol. The van der Waals surface area contributed by atoms with E-state index in [0.29, 0.717) is 12.6 Å². The third kappa shape index (κ3) is 3.70. The number of hydrogen-bond donors (Lipinski definition) is 1. The number of thiophene rings is 1. The molecule has 0 radical (unpaired) electrons. The zero-order chi connectivity index (χ0) is 17.0. The molecule has 1 aliphatic heterocycles. The molecule has 0 saturated carbocycles. The minimum absolute atomic E-state index is 0.0921. The molecule has 4 heteroatoms. The van der Waals surface area contributed by atoms with E-state index in [1.54, 1.807) is 11.3 Å². The molecule has 1 aliphatic rings. The first-order chi connectivity index (χ1) is 11.6. The number of hydrogen-bond acceptors (Lipinski definition) is 3. The average molecular weight is 343 g/mol. The lowest BCUT2D eigenvalue weighted by Gasteiger charge is -2.29. The lowest BCUT2D eigenvalue weighted by Crippen LogP contribution is -2.44. The lowest BCUT2D eigenvalue weighted by atomic mass is 9.83. The van der Waals surface area contributed by atoms with Crippen molar-refractivity contribution in [3.05, 3.63) is 58.3 Å². The van der Waals surface area contributed by atoms with Crippen LogP contribution in [-0.4, -0.2) is 30.4 Å². The van der Waals surface area contributed by atoms with E-state index in [4.69, 9.17) is 0 Å². The molecule has 1 atom stereocenters. The Balaban J connectivity index is 1.69. The van der Waals surface area contributed by atoms with E-state index in [2.05, 4.69) is 27.7 Å². The fourth-order valence-electron chi connectivity index (χ4n) is 3.34. The van der Waals surface area contributed by atoms with Crippen molar-refractivity contribution in [3.63, 3.8) is 0 Å². The molecule has 2 aromatic rings. The van der Waals surface area contributed by atoms with Crippen molar-refractivity contribution in [2.45, 2.75) is 38.1 Å². The summed E-state index contributed by atoms with van der Waals surface area (Å²) in [5.41, 5.74) is 0.531. The highest BCUT2D eigenvalue weighted by atomic mass is 32.1. The first-order valence-corrected chi connectivity index (χ1v) is 9.58. The van der Waals surface area contributed by atoms with Crippen LogP contribution in [0.15, 0.2) is 47.8 Å². The van der Waals surface area contributed by atoms with Crippen LogP contribution >= 0.6 is 11.3 Å². The Bertz CT molecular complexity index is 646. The molecule has 1 N–H and O–H groups in total. The maximum absolute atomic E-state index is 12.8. The minimum Gasteiger partial charge on any atom is -0.353 e. The van der Waals surface area contributed by atoms with Crippen LogP contribution in [0.5, 0.6) is 0 Å². The zero-order valence-corrected chi connectivity index (χ0v) is 15.3. The molecular formula is C20H26N2OS. The van der Waals surface area contributed by atoms with Gasteiger partial charge in [-0.2, -0.15) is 0 Å². The lowest BCUT2D eigenvalue weighted by molar-refractivity contribution is -0.125. The molecule has 1 unspecified atom stereocenters. The molecule has 0 aliphatic carbocycles. The Morgan fingerprint density at radius 1 is 1.17 bits per heavy atom. The highest BCUT2D eigenvalue weighted by Crippen LogP contribution is 2.29. The van der Waals surface area contributed by atoms with Gasteiger partial charge in [-0.15, -0.1) is 11.3 Å². The standard InChI is InChI=1S/C20H26N2OS/c1-20(2,16-9-4-3-5-10-16)19(23)21-15-17(18-11-8-14-24-18)22-12-6-7-13-22/h3-5,8-11,14,17H,6-7,12-13,15H2,1-2H3,(H,21,23). The summed E-state index contributed by atoms with van der Waals surface area (Å²) < 4.78 is 0. The van der Waals surface area contributed by atoms with Gasteiger partial charge < -0.3 is 5.32 Å². The summed E-state index contributed by atoms with van der Waals surface area (Å²) in [5, 5.41) is 5.33. The van der Waals surface area contributed by atoms with Crippen molar-refractivity contribution in [1.82, 2.24) is 10.2 Å². The average Bonchev–Trinajstić information content (AvgIpc) is 3.30. The molecular weight excluding hydrogens is 316 g/mol. The van der Waals surface area contributed by atoms with Gasteiger partial charge in [0.15, 0.2) is 0 Å². The second-order valence-electron chi connectivity index (χ2n) is 6.98. The van der Waals surface area contributed by atoms with Crippen LogP contribution < -0.4 is 5.32 Å². The van der Waals surface area contributed by atoms with Gasteiger partial charge in [0.25, 0.3) is 0 Å². The third-order valence-corrected chi connectivity index (χ3v) is 5.95. The number of carbonyl (C=O) groups is 1. The van der Waals surface area contributed by atoms with Crippen LogP contribution in [0.2, 0.25) is 0 Å². The summed E-state index contributed by atoms with van der Waals surface area (Å²) in [7, 11) is 0. The summed E-state index contributed by atoms with van der Waals surface area (Å²) in [6, 6.07) is 14.6. The van der Waals surface area contributed by atoms with Gasteiger partial charge in [-0.3, -0.25) is 9.69 Å². The quantitative estimate of drug-likeness (QED) is 0.861. The van der Waals surface area contributed by atoms with Crippen molar-refractivity contribution in [3.8, 4) is 0 Å². The molecule has 128 valence electrons. The monoisotopic (exact) mass is 342 g/mol. The molecule has 24 heavy (non-hydrogen) atoms. The van der Waals surface area contributed by atoms with Crippen LogP contribution in [0.1, 0.15) is 43.2 Å². The molecule has 3 nitrogen and oxygen atoms in total. The van der Waals surface area contributed by atoms with Crippen molar-refractivity contribution >= 4 is 17.2 Å². The van der Waals surface area contributed by atoms with Gasteiger partial charge in [0.05, 0.1) is 11.5 Å². The van der Waals surface area contributed by atoms with E-state index in [1.807, 2.05) is 44.2 Å². The minimum atomic E-state index is -0.522. The first-order valence-electron chi connectivity index (χ1n) is 8.70. The van der Waals surface area contributed by atoms with Crippen molar-refractivity contribution in [1.29, 1.82) is 0 Å². The molecule has 0 spiro atoms. The molecule has 1 aromatic carbocycles. The van der Waals surface area contributed by atoms with Crippen LogP contribution in [0, 0.1) is 0 Å². The molecule has 1 aromatic heterocycles. The topological polar surface area (TPSA) is 32.3 Å². The highest BCUT2D eigenvalue weighted by Gasteiger charge is 2.31. The van der Waals surface area contributed by atoms with E-state index in [-0.39, 0.29) is 5.91 Å². The maximum atomic E-state index is 12.8. The number of nitrogens with zero attached hydrogens (tertiary/aromatic N) is 1. The maximum Gasteiger partial charge on any atom is 0.230 e.